The van der Waals surface area contributed by atoms with Gasteiger partial charge in [0.1, 0.15) is 5.78 Å². The molecule has 23 nitrogen and oxygen atoms in total. The van der Waals surface area contributed by atoms with Crippen LogP contribution >= 0.6 is 36.1 Å². The molecular weight excluding hydrogens is 2380 g/mol. The number of aromatic nitrogens is 7. The molecule has 0 amide bonds. The number of aromatic amines is 3. The molecule has 7 heterocycles. The van der Waals surface area contributed by atoms with Gasteiger partial charge in [0.2, 0.25) is 0 Å². The first kappa shape index (κ1) is 111. The number of ketones is 1. The molecule has 699 valence electrons. The zero-order valence-corrected chi connectivity index (χ0v) is 97.9. The van der Waals surface area contributed by atoms with Gasteiger partial charge in [-0.05, 0) is 186 Å². The second-order valence-corrected chi connectivity index (χ2v) is 38.9. The summed E-state index contributed by atoms with van der Waals surface area (Å²) in [4.78, 5) is 61.2. The number of nitro groups is 4. The summed E-state index contributed by atoms with van der Waals surface area (Å²) in [5, 5.41) is 51.3. The van der Waals surface area contributed by atoms with Crippen molar-refractivity contribution in [3.8, 4) is 0 Å². The molecule has 0 saturated heterocycles. The number of non-ortho nitro benzene ring substituents is 4. The Labute approximate surface area is 858 Å². The molecule has 7 aliphatic carbocycles. The van der Waals surface area contributed by atoms with Crippen molar-refractivity contribution in [2.45, 2.75) is 223 Å². The number of hydrogen-bond donors (Lipinski definition) is 6. The molecule has 0 spiro atoms. The van der Waals surface area contributed by atoms with Crippen molar-refractivity contribution in [2.24, 2.45) is 14.1 Å². The van der Waals surface area contributed by atoms with Gasteiger partial charge in [0.05, 0.1) is 36.8 Å². The molecule has 4 saturated carbocycles. The molecule has 0 aliphatic heterocycles. The number of aryl methyl sites for hydroxylation is 2. The number of allylic oxidation sites excluding steroid dienone is 6. The van der Waals surface area contributed by atoms with E-state index in [1.165, 1.54) is 231 Å². The fraction of sp³-hybridized carbons (Fsp3) is 0.370. The first-order chi connectivity index (χ1) is 62.6. The first-order valence-corrected chi connectivity index (χ1v) is 57.7. The van der Waals surface area contributed by atoms with E-state index in [4.69, 9.17) is 25.5 Å². The molecular formula is C100H124ClN14O9P3S3Tl3-2. The molecule has 7 aliphatic rings. The Hall–Kier alpha value is -7.65. The van der Waals surface area contributed by atoms with Gasteiger partial charge in [-0.25, -0.2) is 0 Å². The Morgan fingerprint density at radius 2 is 0.744 bits per heavy atom. The van der Waals surface area contributed by atoms with E-state index in [1.54, 1.807) is 54.2 Å². The van der Waals surface area contributed by atoms with Crippen molar-refractivity contribution in [3.05, 3.63) is 269 Å². The van der Waals surface area contributed by atoms with Crippen molar-refractivity contribution < 1.29 is 24.5 Å². The molecule has 0 bridgehead atoms. The number of nitrogens with two attached hydrogens (primary N) is 3. The third kappa shape index (κ3) is 29.5. The molecule has 2 unspecified atom stereocenters. The molecule has 7 aromatic heterocycles. The summed E-state index contributed by atoms with van der Waals surface area (Å²) in [6.45, 7) is 0. The molecule has 4 fully saturated rings. The average molecular weight is 2500 g/mol. The third-order valence-electron chi connectivity index (χ3n) is 26.0. The van der Waals surface area contributed by atoms with Gasteiger partial charge in [-0.3, -0.25) is 35.1 Å². The number of nitrogen functional groups attached to an aromatic ring is 3. The number of halogens is 1. The number of fused-ring (bicyclic) bond motifs is 7. The summed E-state index contributed by atoms with van der Waals surface area (Å²) in [6, 6.07) is 40.8. The number of carbonyl (C=O) groups is 1. The Balaban J connectivity index is 0.000000187. The summed E-state index contributed by atoms with van der Waals surface area (Å²) in [6.07, 6.45) is 62.0. The van der Waals surface area contributed by atoms with Crippen LogP contribution < -0.4 is 17.2 Å². The van der Waals surface area contributed by atoms with Crippen LogP contribution in [0.5, 0.6) is 0 Å². The number of hydrogen-bond acceptors (Lipinski definition) is 15. The van der Waals surface area contributed by atoms with Crippen LogP contribution in [-0.2, 0) is 57.7 Å². The SMILES string of the molecule is Cn1cc(C2=CCCCC2)c2ccc([N+](=O)[O-])cc21.Cn1cc(C2CCCCC2)c2ccc(N)cc21.Nc1ccc2c(C3CCCCC3)c[nH]c2c1.Nc1ccc2c(C3CCCCC3)c[n]([Tl])c2c1.O=C1CCCCC1.O=[N+]([O-])c1ccc2c(C3=CCCCC3)c[nH]c2c1.O=[N+]([O-])c1ccc2c(C3=CCCCC3)c[n]([Tl])c2c1.O=[N+]([O-])c1ccc2cc[nH]c2c1.P.P.P=S.[Cl][TlH].[SH-].[SH-]. The van der Waals surface area contributed by atoms with Gasteiger partial charge in [-0.1, -0.05) is 81.0 Å². The van der Waals surface area contributed by atoms with E-state index in [0.717, 1.165) is 169 Å². The standard InChI is InChI=1S/C15H16N2O2.C15H20N2.C14H14N2O2.C14H13N2O2.C14H18N2.C14H17N2.C8H6N2O2.C6H10O.ClH.HPS.2H3P.2H2S.3Tl.H/c1-16-10-14(11-5-3-2-4-6-11)13-8-7-12(17(18)19)9-15(13)16;1-17-10-14(11-5-3-2-4-6-11)13-8-7-12(16)9-15(13)17;2*17-16(18)11-6-7-12-13(9-15-14(12)8-11)10-4-2-1-3-5-10;2*15-11-6-7-12-13(9-16-14(12)8-11)10-4-2-1-3-5-10;11-10(12)7-2-1-6-3-4-9-8(6)5-7;7-6-4-2-1-3-5-6;;1-2;;;;;;;;/h5,7-10H,2-4,6H2,1H3;7-11H,2-6,16H2,1H3;4,6-9,15H,1-3,5H2;4,6-9H,1-3,5H2;6-10,16H,1-5,15H2;6-10H,1-5,15H2;1-5,9H;1-5H2;1H;1H;2*1H3;2*1H2;;;;/q;;;-1;;-1;;;;;;;;;3*+1;/p-3. The van der Waals surface area contributed by atoms with Crippen LogP contribution in [0.3, 0.4) is 0 Å². The molecule has 9 N–H and O–H groups in total. The number of carbonyl (C=O) groups excluding carboxylic acids is 1. The number of nitrogens with one attached hydrogen (secondary N) is 3. The molecule has 14 aromatic rings. The Morgan fingerprint density at radius 1 is 0.383 bits per heavy atom. The van der Waals surface area contributed by atoms with E-state index < -0.39 is 4.92 Å². The topological polar surface area (TPSA) is 335 Å². The summed E-state index contributed by atoms with van der Waals surface area (Å²) in [7, 11) is 11.5. The minimum atomic E-state index is -0.402. The maximum absolute atomic E-state index is 10.9. The summed E-state index contributed by atoms with van der Waals surface area (Å²) < 4.78 is 8.73. The van der Waals surface area contributed by atoms with E-state index in [0.29, 0.717) is 56.4 Å². The summed E-state index contributed by atoms with van der Waals surface area (Å²) in [5.41, 5.74) is 40.5. The van der Waals surface area contributed by atoms with Gasteiger partial charge in [0.15, 0.2) is 0 Å². The van der Waals surface area contributed by atoms with E-state index in [2.05, 4.69) is 131 Å². The van der Waals surface area contributed by atoms with Crippen LogP contribution in [0.4, 0.5) is 39.8 Å². The fourth-order valence-electron chi connectivity index (χ4n) is 19.3. The molecule has 7 aromatic carbocycles. The monoisotopic (exact) mass is 2500 g/mol. The zero-order chi connectivity index (χ0) is 91.6. The number of H-pyrrole nitrogens is 3. The number of benzene rings is 7. The predicted molar refractivity (Wildman–Crippen MR) is 580 cm³/mol. The summed E-state index contributed by atoms with van der Waals surface area (Å²) >= 11 is 5.83. The van der Waals surface area contributed by atoms with Crippen LogP contribution in [0.1, 0.15) is 257 Å². The van der Waals surface area contributed by atoms with Crippen LogP contribution in [0.25, 0.3) is 93.0 Å². The van der Waals surface area contributed by atoms with Gasteiger partial charge >= 0.3 is 279 Å². The normalized spacial score (nSPS) is 15.4. The van der Waals surface area contributed by atoms with Crippen LogP contribution in [0.2, 0.25) is 0 Å². The molecule has 33 heteroatoms. The third-order valence-corrected chi connectivity index (χ3v) is 29.3. The second-order valence-electron chi connectivity index (χ2n) is 34.5. The van der Waals surface area contributed by atoms with E-state index in [9.17, 15) is 45.3 Å². The van der Waals surface area contributed by atoms with Crippen LogP contribution in [0.15, 0.2) is 195 Å². The Kier molecular flexibility index (Phi) is 45.8. The van der Waals surface area contributed by atoms with Gasteiger partial charge in [-0.15, -0.1) is 0 Å². The largest absolute Gasteiger partial charge is 0.813 e. The van der Waals surface area contributed by atoms with Gasteiger partial charge in [0, 0.05) is 144 Å². The quantitative estimate of drug-likeness (QED) is 0.0141. The van der Waals surface area contributed by atoms with Crippen molar-refractivity contribution >= 4 is 290 Å². The van der Waals surface area contributed by atoms with Crippen molar-refractivity contribution in [3.63, 3.8) is 0 Å². The second kappa shape index (κ2) is 55.1. The molecule has 133 heavy (non-hydrogen) atoms. The fourth-order valence-corrected chi connectivity index (χ4v) is 22.2. The molecule has 0 radical (unpaired) electrons. The van der Waals surface area contributed by atoms with E-state index >= 15 is 0 Å². The minimum absolute atomic E-state index is 0. The van der Waals surface area contributed by atoms with Gasteiger partial charge in [0.25, 0.3) is 17.1 Å². The van der Waals surface area contributed by atoms with E-state index in [-0.39, 0.29) is 84.3 Å². The minimum Gasteiger partial charge on any atom is -0.813 e. The van der Waals surface area contributed by atoms with Gasteiger partial charge < -0.3 is 62.5 Å². The van der Waals surface area contributed by atoms with Crippen LogP contribution in [-0.4, -0.2) is 131 Å². The number of nitrogens with zero attached hydrogens (tertiary/aromatic N) is 8. The maximum Gasteiger partial charge on any atom is -0.813 e. The number of rotatable bonds is 10. The smallest absolute Gasteiger partial charge is 0.813 e. The summed E-state index contributed by atoms with van der Waals surface area (Å²) in [5.74, 6) is 2.77. The number of thiol groups is 2. The number of Topliss-reactive ketones (excluding diaryl/α,β-unsaturated/α-hetero) is 1. The molecule has 21 rings (SSSR count). The van der Waals surface area contributed by atoms with Crippen molar-refractivity contribution in [1.29, 1.82) is 0 Å². The first-order valence-electron chi connectivity index (χ1n) is 45.3. The van der Waals surface area contributed by atoms with Crippen LogP contribution in [0, 0.1) is 40.5 Å². The number of nitro benzene ring substituents is 4. The number of anilines is 3. The van der Waals surface area contributed by atoms with Gasteiger partial charge in [-0.2, -0.15) is 19.8 Å². The van der Waals surface area contributed by atoms with Crippen molar-refractivity contribution in [1.82, 2.24) is 28.8 Å². The Bertz CT molecular complexity index is 6130. The predicted octanol–water partition coefficient (Wildman–Crippen LogP) is 26.1. The molecule has 2 atom stereocenters. The average Bonchev–Trinajstić information content (AvgIpc) is 1.64. The Morgan fingerprint density at radius 3 is 1.24 bits per heavy atom. The zero-order valence-electron chi connectivity index (χ0n) is 76.3. The van der Waals surface area contributed by atoms with Crippen molar-refractivity contribution in [2.75, 3.05) is 17.2 Å². The maximum atomic E-state index is 10.9. The van der Waals surface area contributed by atoms with E-state index in [1.807, 2.05) is 66.3 Å².